The van der Waals surface area contributed by atoms with Gasteiger partial charge in [0.2, 0.25) is 0 Å². The van der Waals surface area contributed by atoms with Crippen LogP contribution in [0.5, 0.6) is 0 Å². The Bertz CT molecular complexity index is 637. The van der Waals surface area contributed by atoms with Crippen LogP contribution in [0.4, 0.5) is 11.6 Å². The molecule has 0 atom stereocenters. The van der Waals surface area contributed by atoms with Crippen LogP contribution in [0, 0.1) is 6.92 Å². The van der Waals surface area contributed by atoms with E-state index in [1.54, 1.807) is 0 Å². The van der Waals surface area contributed by atoms with E-state index in [1.807, 2.05) is 19.3 Å². The molecule has 0 bridgehead atoms. The zero-order valence-electron chi connectivity index (χ0n) is 14.7. The summed E-state index contributed by atoms with van der Waals surface area (Å²) in [5.41, 5.74) is 1.29. The van der Waals surface area contributed by atoms with E-state index in [1.165, 1.54) is 37.7 Å². The van der Waals surface area contributed by atoms with Crippen LogP contribution in [-0.2, 0) is 6.42 Å². The van der Waals surface area contributed by atoms with E-state index in [0.717, 1.165) is 30.4 Å². The summed E-state index contributed by atoms with van der Waals surface area (Å²) >= 11 is 0. The van der Waals surface area contributed by atoms with Crippen molar-refractivity contribution in [1.82, 2.24) is 15.0 Å². The summed E-state index contributed by atoms with van der Waals surface area (Å²) in [6.07, 6.45) is 11.2. The number of nitrogens with zero attached hydrogens (tertiary/aromatic N) is 4. The van der Waals surface area contributed by atoms with Gasteiger partial charge in [-0.15, -0.1) is 0 Å². The molecule has 0 unspecified atom stereocenters. The topological polar surface area (TPSA) is 53.9 Å². The van der Waals surface area contributed by atoms with Gasteiger partial charge in [-0.25, -0.2) is 9.97 Å². The lowest BCUT2D eigenvalue weighted by atomic mass is 9.95. The van der Waals surface area contributed by atoms with Crippen LogP contribution >= 0.6 is 0 Å². The molecular weight excluding hydrogens is 298 g/mol. The monoisotopic (exact) mass is 325 g/mol. The fraction of sp³-hybridized carbons (Fsp3) is 0.526. The van der Waals surface area contributed by atoms with E-state index in [-0.39, 0.29) is 0 Å². The number of likely N-dealkylation sites (N-methyl/N-ethyl adjacent to an activating group) is 1. The van der Waals surface area contributed by atoms with E-state index < -0.39 is 0 Å². The van der Waals surface area contributed by atoms with Crippen LogP contribution in [0.2, 0.25) is 0 Å². The van der Waals surface area contributed by atoms with E-state index >= 15 is 0 Å². The molecule has 3 rings (SSSR count). The van der Waals surface area contributed by atoms with Crippen molar-refractivity contribution >= 4 is 11.6 Å². The van der Waals surface area contributed by atoms with Crippen molar-refractivity contribution in [2.24, 2.45) is 0 Å². The molecule has 1 saturated carbocycles. The molecule has 2 aromatic rings. The first kappa shape index (κ1) is 16.7. The summed E-state index contributed by atoms with van der Waals surface area (Å²) < 4.78 is 0. The van der Waals surface area contributed by atoms with Gasteiger partial charge in [0.05, 0.1) is 0 Å². The highest BCUT2D eigenvalue weighted by molar-refractivity contribution is 5.49. The Morgan fingerprint density at radius 2 is 1.88 bits per heavy atom. The highest BCUT2D eigenvalue weighted by Gasteiger charge is 2.15. The molecule has 1 aliphatic rings. The molecular formula is C19H27N5. The van der Waals surface area contributed by atoms with Gasteiger partial charge >= 0.3 is 0 Å². The van der Waals surface area contributed by atoms with Crippen molar-refractivity contribution in [2.75, 3.05) is 23.8 Å². The van der Waals surface area contributed by atoms with Gasteiger partial charge < -0.3 is 10.2 Å². The van der Waals surface area contributed by atoms with Gasteiger partial charge in [-0.05, 0) is 43.9 Å². The number of hydrogen-bond acceptors (Lipinski definition) is 5. The lowest BCUT2D eigenvalue weighted by Crippen LogP contribution is -2.25. The SMILES string of the molecule is Cc1nc(NC2CCCCC2)cc(N(C)CCc2ccncc2)n1. The second kappa shape index (κ2) is 8.08. The molecule has 0 spiro atoms. The summed E-state index contributed by atoms with van der Waals surface area (Å²) in [7, 11) is 2.09. The molecule has 5 heteroatoms. The first-order valence-electron chi connectivity index (χ1n) is 8.93. The molecule has 128 valence electrons. The van der Waals surface area contributed by atoms with Crippen LogP contribution in [0.3, 0.4) is 0 Å². The second-order valence-corrected chi connectivity index (χ2v) is 6.66. The predicted octanol–water partition coefficient (Wildman–Crippen LogP) is 3.60. The minimum absolute atomic E-state index is 0.558. The van der Waals surface area contributed by atoms with Crippen LogP contribution < -0.4 is 10.2 Å². The fourth-order valence-electron chi connectivity index (χ4n) is 3.24. The predicted molar refractivity (Wildman–Crippen MR) is 98.5 cm³/mol. The molecule has 5 nitrogen and oxygen atoms in total. The zero-order chi connectivity index (χ0) is 16.8. The highest BCUT2D eigenvalue weighted by atomic mass is 15.2. The first-order chi connectivity index (χ1) is 11.7. The van der Waals surface area contributed by atoms with E-state index in [2.05, 4.69) is 50.4 Å². The molecule has 0 radical (unpaired) electrons. The Labute approximate surface area is 144 Å². The van der Waals surface area contributed by atoms with Gasteiger partial charge in [-0.2, -0.15) is 0 Å². The van der Waals surface area contributed by atoms with Crippen molar-refractivity contribution < 1.29 is 0 Å². The van der Waals surface area contributed by atoms with Crippen LogP contribution in [0.15, 0.2) is 30.6 Å². The number of aromatic nitrogens is 3. The minimum Gasteiger partial charge on any atom is -0.367 e. The number of rotatable bonds is 6. The lowest BCUT2D eigenvalue weighted by Gasteiger charge is -2.24. The number of hydrogen-bond donors (Lipinski definition) is 1. The van der Waals surface area contributed by atoms with Gasteiger partial charge in [0.1, 0.15) is 17.5 Å². The molecule has 1 N–H and O–H groups in total. The van der Waals surface area contributed by atoms with Crippen molar-refractivity contribution in [3.63, 3.8) is 0 Å². The molecule has 0 saturated heterocycles. The molecule has 0 aliphatic heterocycles. The average Bonchev–Trinajstić information content (AvgIpc) is 2.61. The number of aryl methyl sites for hydroxylation is 1. The Morgan fingerprint density at radius 1 is 1.12 bits per heavy atom. The standard InChI is InChI=1S/C19H27N5/c1-15-21-18(23-17-6-4-3-5-7-17)14-19(22-15)24(2)13-10-16-8-11-20-12-9-16/h8-9,11-12,14,17H,3-7,10,13H2,1-2H3,(H,21,22,23). The third-order valence-corrected chi connectivity index (χ3v) is 4.66. The lowest BCUT2D eigenvalue weighted by molar-refractivity contribution is 0.461. The Morgan fingerprint density at radius 3 is 2.62 bits per heavy atom. The Kier molecular flexibility index (Phi) is 5.62. The summed E-state index contributed by atoms with van der Waals surface area (Å²) in [5, 5.41) is 3.60. The van der Waals surface area contributed by atoms with Crippen LogP contribution in [-0.4, -0.2) is 34.6 Å². The summed E-state index contributed by atoms with van der Waals surface area (Å²) in [6.45, 7) is 2.88. The first-order valence-corrected chi connectivity index (χ1v) is 8.93. The summed E-state index contributed by atoms with van der Waals surface area (Å²) in [4.78, 5) is 15.4. The molecule has 24 heavy (non-hydrogen) atoms. The van der Waals surface area contributed by atoms with Gasteiger partial charge in [-0.3, -0.25) is 4.98 Å². The van der Waals surface area contributed by atoms with Crippen molar-refractivity contribution in [1.29, 1.82) is 0 Å². The Balaban J connectivity index is 1.63. The number of pyridine rings is 1. The maximum atomic E-state index is 4.60. The maximum absolute atomic E-state index is 4.60. The number of nitrogens with one attached hydrogen (secondary N) is 1. The Hall–Kier alpha value is -2.17. The van der Waals surface area contributed by atoms with Crippen molar-refractivity contribution in [2.45, 2.75) is 51.5 Å². The number of anilines is 2. The van der Waals surface area contributed by atoms with Gasteiger partial charge in [0.25, 0.3) is 0 Å². The zero-order valence-corrected chi connectivity index (χ0v) is 14.7. The minimum atomic E-state index is 0.558. The van der Waals surface area contributed by atoms with Crippen LogP contribution in [0.25, 0.3) is 0 Å². The van der Waals surface area contributed by atoms with Crippen molar-refractivity contribution in [3.05, 3.63) is 42.0 Å². The van der Waals surface area contributed by atoms with Gasteiger partial charge in [0, 0.05) is 38.1 Å². The second-order valence-electron chi connectivity index (χ2n) is 6.66. The highest BCUT2D eigenvalue weighted by Crippen LogP contribution is 2.22. The van der Waals surface area contributed by atoms with Gasteiger partial charge in [-0.1, -0.05) is 19.3 Å². The molecule has 1 aliphatic carbocycles. The normalized spacial score (nSPS) is 15.2. The van der Waals surface area contributed by atoms with Crippen LogP contribution in [0.1, 0.15) is 43.5 Å². The van der Waals surface area contributed by atoms with Crippen molar-refractivity contribution in [3.8, 4) is 0 Å². The maximum Gasteiger partial charge on any atom is 0.134 e. The molecule has 0 aromatic carbocycles. The molecule has 1 fully saturated rings. The quantitative estimate of drug-likeness (QED) is 0.879. The smallest absolute Gasteiger partial charge is 0.134 e. The fourth-order valence-corrected chi connectivity index (χ4v) is 3.24. The van der Waals surface area contributed by atoms with Gasteiger partial charge in [0.15, 0.2) is 0 Å². The molecule has 2 heterocycles. The average molecular weight is 325 g/mol. The third kappa shape index (κ3) is 4.66. The summed E-state index contributed by atoms with van der Waals surface area (Å²) in [5.74, 6) is 2.76. The van der Waals surface area contributed by atoms with E-state index in [9.17, 15) is 0 Å². The largest absolute Gasteiger partial charge is 0.367 e. The molecule has 0 amide bonds. The van der Waals surface area contributed by atoms with E-state index in [0.29, 0.717) is 6.04 Å². The summed E-state index contributed by atoms with van der Waals surface area (Å²) in [6, 6.07) is 6.77. The van der Waals surface area contributed by atoms with E-state index in [4.69, 9.17) is 0 Å². The molecule has 2 aromatic heterocycles. The third-order valence-electron chi connectivity index (χ3n) is 4.66.